The molecule has 1 aromatic heterocycles. The number of carbonyl (C=O) groups excluding carboxylic acids is 1. The molecule has 0 unspecified atom stereocenters. The minimum absolute atomic E-state index is 0.298. The van der Waals surface area contributed by atoms with Crippen LogP contribution in [-0.4, -0.2) is 27.3 Å². The van der Waals surface area contributed by atoms with Crippen LogP contribution >= 0.6 is 0 Å². The van der Waals surface area contributed by atoms with Crippen LogP contribution in [0.4, 0.5) is 10.1 Å². The van der Waals surface area contributed by atoms with Gasteiger partial charge in [-0.15, -0.1) is 5.10 Å². The third-order valence-corrected chi connectivity index (χ3v) is 4.65. The fourth-order valence-electron chi connectivity index (χ4n) is 3.04. The summed E-state index contributed by atoms with van der Waals surface area (Å²) in [7, 11) is 0. The normalized spacial score (nSPS) is 10.7. The Morgan fingerprint density at radius 1 is 1.00 bits per heavy atom. The number of aromatic nitrogens is 3. The molecule has 4 rings (SSSR count). The quantitative estimate of drug-likeness (QED) is 0.479. The van der Waals surface area contributed by atoms with Gasteiger partial charge < -0.3 is 10.1 Å². The maximum atomic E-state index is 13.1. The molecular formula is C24H21FN4O2. The molecule has 31 heavy (non-hydrogen) atoms. The molecule has 1 N–H and O–H groups in total. The molecule has 0 saturated heterocycles. The highest BCUT2D eigenvalue weighted by Gasteiger charge is 2.15. The SMILES string of the molecule is CCOc1nc(-c2ccc(C)cc2)n(-c2ccc(NC(=O)c3ccc(F)cc3)cc2)n1. The van der Waals surface area contributed by atoms with Crippen molar-refractivity contribution in [3.63, 3.8) is 0 Å². The van der Waals surface area contributed by atoms with Gasteiger partial charge in [0.1, 0.15) is 5.82 Å². The van der Waals surface area contributed by atoms with Crippen molar-refractivity contribution in [2.75, 3.05) is 11.9 Å². The first kappa shape index (κ1) is 20.3. The summed E-state index contributed by atoms with van der Waals surface area (Å²) < 4.78 is 20.3. The largest absolute Gasteiger partial charge is 0.463 e. The van der Waals surface area contributed by atoms with E-state index < -0.39 is 0 Å². The molecule has 7 heteroatoms. The second-order valence-electron chi connectivity index (χ2n) is 6.94. The maximum Gasteiger partial charge on any atom is 0.336 e. The van der Waals surface area contributed by atoms with E-state index in [1.54, 1.807) is 16.8 Å². The number of nitrogens with zero attached hydrogens (tertiary/aromatic N) is 3. The van der Waals surface area contributed by atoms with Crippen molar-refractivity contribution in [1.82, 2.24) is 14.8 Å². The number of rotatable bonds is 6. The van der Waals surface area contributed by atoms with E-state index in [9.17, 15) is 9.18 Å². The summed E-state index contributed by atoms with van der Waals surface area (Å²) in [5.74, 6) is -0.0384. The van der Waals surface area contributed by atoms with Gasteiger partial charge in [0.2, 0.25) is 0 Å². The fraction of sp³-hybridized carbons (Fsp3) is 0.125. The Morgan fingerprint density at radius 2 is 1.68 bits per heavy atom. The molecule has 4 aromatic rings. The molecule has 0 fully saturated rings. The molecule has 6 nitrogen and oxygen atoms in total. The number of nitrogens with one attached hydrogen (secondary N) is 1. The van der Waals surface area contributed by atoms with Crippen LogP contribution in [0.2, 0.25) is 0 Å². The second kappa shape index (κ2) is 8.79. The summed E-state index contributed by atoms with van der Waals surface area (Å²) in [5.41, 5.74) is 3.83. The van der Waals surface area contributed by atoms with Crippen LogP contribution in [0, 0.1) is 12.7 Å². The number of amides is 1. The summed E-state index contributed by atoms with van der Waals surface area (Å²) >= 11 is 0. The zero-order valence-corrected chi connectivity index (χ0v) is 17.2. The highest BCUT2D eigenvalue weighted by Crippen LogP contribution is 2.25. The maximum absolute atomic E-state index is 13.1. The lowest BCUT2D eigenvalue weighted by Gasteiger charge is -2.09. The average molecular weight is 416 g/mol. The average Bonchev–Trinajstić information content (AvgIpc) is 3.19. The number of anilines is 1. The smallest absolute Gasteiger partial charge is 0.336 e. The fourth-order valence-corrected chi connectivity index (χ4v) is 3.04. The lowest BCUT2D eigenvalue weighted by atomic mass is 10.1. The Kier molecular flexibility index (Phi) is 5.75. The van der Waals surface area contributed by atoms with E-state index in [1.807, 2.05) is 50.2 Å². The van der Waals surface area contributed by atoms with E-state index in [2.05, 4.69) is 15.4 Å². The Morgan fingerprint density at radius 3 is 2.32 bits per heavy atom. The number of ether oxygens (including phenoxy) is 1. The predicted octanol–water partition coefficient (Wildman–Crippen LogP) is 5.03. The second-order valence-corrected chi connectivity index (χ2v) is 6.94. The highest BCUT2D eigenvalue weighted by atomic mass is 19.1. The molecule has 1 amide bonds. The topological polar surface area (TPSA) is 69.0 Å². The van der Waals surface area contributed by atoms with E-state index >= 15 is 0 Å². The molecule has 156 valence electrons. The van der Waals surface area contributed by atoms with Crippen LogP contribution in [0.5, 0.6) is 6.01 Å². The van der Waals surface area contributed by atoms with Crippen LogP contribution < -0.4 is 10.1 Å². The van der Waals surface area contributed by atoms with Crippen LogP contribution in [0.1, 0.15) is 22.8 Å². The minimum Gasteiger partial charge on any atom is -0.463 e. The molecular weight excluding hydrogens is 395 g/mol. The third kappa shape index (κ3) is 4.61. The Balaban J connectivity index is 1.60. The number of benzene rings is 3. The van der Waals surface area contributed by atoms with Crippen molar-refractivity contribution in [3.05, 3.63) is 89.7 Å². The predicted molar refractivity (Wildman–Crippen MR) is 117 cm³/mol. The molecule has 0 bridgehead atoms. The van der Waals surface area contributed by atoms with Crippen molar-refractivity contribution in [2.45, 2.75) is 13.8 Å². The van der Waals surface area contributed by atoms with Gasteiger partial charge in [0.15, 0.2) is 5.82 Å². The van der Waals surface area contributed by atoms with Crippen molar-refractivity contribution in [1.29, 1.82) is 0 Å². The van der Waals surface area contributed by atoms with E-state index in [4.69, 9.17) is 4.74 Å². The van der Waals surface area contributed by atoms with Gasteiger partial charge in [0, 0.05) is 16.8 Å². The summed E-state index contributed by atoms with van der Waals surface area (Å²) in [4.78, 5) is 16.9. The van der Waals surface area contributed by atoms with Crippen molar-refractivity contribution >= 4 is 11.6 Å². The molecule has 0 spiro atoms. The van der Waals surface area contributed by atoms with Crippen molar-refractivity contribution < 1.29 is 13.9 Å². The van der Waals surface area contributed by atoms with Gasteiger partial charge in [0.25, 0.3) is 5.91 Å². The molecule has 0 aliphatic carbocycles. The Bertz CT molecular complexity index is 1180. The monoisotopic (exact) mass is 416 g/mol. The van der Waals surface area contributed by atoms with Gasteiger partial charge in [-0.3, -0.25) is 4.79 Å². The lowest BCUT2D eigenvalue weighted by Crippen LogP contribution is -2.11. The molecule has 0 saturated carbocycles. The standard InChI is InChI=1S/C24H21FN4O2/c1-3-31-24-27-22(17-6-4-16(2)5-7-17)29(28-24)21-14-12-20(13-15-21)26-23(30)18-8-10-19(25)11-9-18/h4-15H,3H2,1-2H3,(H,26,30). The number of aryl methyl sites for hydroxylation is 1. The van der Waals surface area contributed by atoms with Crippen molar-refractivity contribution in [2.24, 2.45) is 0 Å². The summed E-state index contributed by atoms with van der Waals surface area (Å²) in [6, 6.07) is 20.9. The van der Waals surface area contributed by atoms with Gasteiger partial charge in [-0.2, -0.15) is 4.98 Å². The zero-order chi connectivity index (χ0) is 21.8. The van der Waals surface area contributed by atoms with Gasteiger partial charge in [-0.05, 0) is 62.4 Å². The van der Waals surface area contributed by atoms with E-state index in [0.29, 0.717) is 29.7 Å². The van der Waals surface area contributed by atoms with Gasteiger partial charge >= 0.3 is 6.01 Å². The number of hydrogen-bond donors (Lipinski definition) is 1. The molecule has 0 radical (unpaired) electrons. The number of hydrogen-bond acceptors (Lipinski definition) is 4. The van der Waals surface area contributed by atoms with Gasteiger partial charge in [-0.25, -0.2) is 9.07 Å². The van der Waals surface area contributed by atoms with E-state index in [0.717, 1.165) is 16.8 Å². The first-order valence-corrected chi connectivity index (χ1v) is 9.88. The van der Waals surface area contributed by atoms with Crippen LogP contribution in [0.25, 0.3) is 17.1 Å². The van der Waals surface area contributed by atoms with Crippen LogP contribution in [-0.2, 0) is 0 Å². The number of carbonyl (C=O) groups is 1. The summed E-state index contributed by atoms with van der Waals surface area (Å²) in [6.45, 7) is 4.37. The molecule has 0 aliphatic heterocycles. The minimum atomic E-state index is -0.385. The van der Waals surface area contributed by atoms with Gasteiger partial charge in [0.05, 0.1) is 12.3 Å². The summed E-state index contributed by atoms with van der Waals surface area (Å²) in [5, 5.41) is 7.28. The zero-order valence-electron chi connectivity index (χ0n) is 17.2. The molecule has 0 aliphatic rings. The van der Waals surface area contributed by atoms with Gasteiger partial charge in [-0.1, -0.05) is 29.8 Å². The summed E-state index contributed by atoms with van der Waals surface area (Å²) in [6.07, 6.45) is 0. The first-order valence-electron chi connectivity index (χ1n) is 9.88. The third-order valence-electron chi connectivity index (χ3n) is 4.65. The van der Waals surface area contributed by atoms with E-state index in [1.165, 1.54) is 24.3 Å². The molecule has 1 heterocycles. The van der Waals surface area contributed by atoms with Crippen LogP contribution in [0.3, 0.4) is 0 Å². The van der Waals surface area contributed by atoms with E-state index in [-0.39, 0.29) is 11.7 Å². The highest BCUT2D eigenvalue weighted by molar-refractivity contribution is 6.04. The lowest BCUT2D eigenvalue weighted by molar-refractivity contribution is 0.102. The van der Waals surface area contributed by atoms with Crippen molar-refractivity contribution in [3.8, 4) is 23.1 Å². The molecule has 3 aromatic carbocycles. The Hall–Kier alpha value is -4.00. The number of halogens is 1. The first-order chi connectivity index (χ1) is 15.0. The molecule has 0 atom stereocenters. The Labute approximate surface area is 179 Å². The van der Waals surface area contributed by atoms with Crippen LogP contribution in [0.15, 0.2) is 72.8 Å².